The van der Waals surface area contributed by atoms with Gasteiger partial charge in [0.1, 0.15) is 0 Å². The zero-order chi connectivity index (χ0) is 19.6. The molecule has 2 aliphatic carbocycles. The zero-order valence-electron chi connectivity index (χ0n) is 17.5. The van der Waals surface area contributed by atoms with Gasteiger partial charge in [-0.1, -0.05) is 6.42 Å². The summed E-state index contributed by atoms with van der Waals surface area (Å²) in [4.78, 5) is 9.39. The molecular weight excluding hydrogens is 521 g/mol. The number of sulfonamides is 1. The summed E-state index contributed by atoms with van der Waals surface area (Å²) >= 11 is 1.83. The molecule has 0 aromatic rings. The molecule has 4 aliphatic rings. The quantitative estimate of drug-likeness (QED) is 0.313. The van der Waals surface area contributed by atoms with E-state index in [1.807, 2.05) is 11.8 Å². The third-order valence-electron chi connectivity index (χ3n) is 7.00. The number of nitrogens with one attached hydrogen (secondary N) is 1. The van der Waals surface area contributed by atoms with Gasteiger partial charge in [-0.15, -0.1) is 24.0 Å². The van der Waals surface area contributed by atoms with Crippen molar-refractivity contribution in [1.29, 1.82) is 0 Å². The number of aliphatic imine (C=N–C) groups is 1. The van der Waals surface area contributed by atoms with Crippen LogP contribution in [0.2, 0.25) is 0 Å². The Kier molecular flexibility index (Phi) is 8.80. The van der Waals surface area contributed by atoms with Gasteiger partial charge in [0.25, 0.3) is 0 Å². The van der Waals surface area contributed by atoms with Crippen molar-refractivity contribution in [3.63, 3.8) is 0 Å². The first-order valence-electron chi connectivity index (χ1n) is 10.8. The average Bonchev–Trinajstić information content (AvgIpc) is 3.36. The predicted molar refractivity (Wildman–Crippen MR) is 132 cm³/mol. The Morgan fingerprint density at radius 1 is 1.07 bits per heavy atom. The minimum atomic E-state index is -3.17. The van der Waals surface area contributed by atoms with Crippen molar-refractivity contribution >= 4 is 51.7 Å². The SMILES string of the molecule is CN=C(NCCS(=O)(=O)N1CCSCC1)N1CCN(C2CC3CCC2C3)CC1.I. The number of hydrogen-bond acceptors (Lipinski definition) is 5. The Labute approximate surface area is 197 Å². The highest BCUT2D eigenvalue weighted by Gasteiger charge is 2.42. The van der Waals surface area contributed by atoms with Crippen molar-refractivity contribution < 1.29 is 8.42 Å². The van der Waals surface area contributed by atoms with Crippen LogP contribution < -0.4 is 5.32 Å². The second-order valence-corrected chi connectivity index (χ2v) is 11.9. The van der Waals surface area contributed by atoms with E-state index in [2.05, 4.69) is 20.1 Å². The molecule has 2 heterocycles. The zero-order valence-corrected chi connectivity index (χ0v) is 21.4. The highest BCUT2D eigenvalue weighted by atomic mass is 127. The molecule has 29 heavy (non-hydrogen) atoms. The molecule has 2 saturated heterocycles. The lowest BCUT2D eigenvalue weighted by Crippen LogP contribution is -2.56. The van der Waals surface area contributed by atoms with E-state index in [1.54, 1.807) is 11.4 Å². The Morgan fingerprint density at radius 2 is 1.79 bits per heavy atom. The normalized spacial score (nSPS) is 31.7. The number of fused-ring (bicyclic) bond motifs is 2. The summed E-state index contributed by atoms with van der Waals surface area (Å²) in [5.41, 5.74) is 0. The van der Waals surface area contributed by atoms with Crippen LogP contribution in [0.3, 0.4) is 0 Å². The second kappa shape index (κ2) is 10.7. The Hall–Kier alpha value is 0.220. The molecule has 2 aliphatic heterocycles. The van der Waals surface area contributed by atoms with Crippen LogP contribution in [0.5, 0.6) is 0 Å². The number of thioether (sulfide) groups is 1. The number of halogens is 1. The fourth-order valence-electron chi connectivity index (χ4n) is 5.50. The van der Waals surface area contributed by atoms with Gasteiger partial charge in [-0.05, 0) is 31.1 Å². The molecule has 0 radical (unpaired) electrons. The first-order valence-corrected chi connectivity index (χ1v) is 13.6. The van der Waals surface area contributed by atoms with Gasteiger partial charge in [0.05, 0.1) is 5.75 Å². The maximum Gasteiger partial charge on any atom is 0.215 e. The molecular formula is C19H36IN5O2S2. The fraction of sp³-hybridized carbons (Fsp3) is 0.947. The summed E-state index contributed by atoms with van der Waals surface area (Å²) in [6.07, 6.45) is 5.75. The van der Waals surface area contributed by atoms with E-state index in [1.165, 1.54) is 25.7 Å². The van der Waals surface area contributed by atoms with E-state index in [-0.39, 0.29) is 29.7 Å². The number of piperazine rings is 1. The molecule has 7 nitrogen and oxygen atoms in total. The first kappa shape index (κ1) is 23.9. The van der Waals surface area contributed by atoms with Gasteiger partial charge < -0.3 is 10.2 Å². The monoisotopic (exact) mass is 557 g/mol. The first-order chi connectivity index (χ1) is 13.6. The molecule has 4 rings (SSSR count). The molecule has 3 atom stereocenters. The third-order valence-corrected chi connectivity index (χ3v) is 9.82. The van der Waals surface area contributed by atoms with E-state index in [0.717, 1.165) is 61.5 Å². The lowest BCUT2D eigenvalue weighted by atomic mass is 9.93. The van der Waals surface area contributed by atoms with Gasteiger partial charge in [-0.25, -0.2) is 12.7 Å². The Balaban J connectivity index is 0.00000240. The van der Waals surface area contributed by atoms with Crippen LogP contribution >= 0.6 is 35.7 Å². The molecule has 0 spiro atoms. The summed E-state index contributed by atoms with van der Waals surface area (Å²) in [7, 11) is -1.37. The van der Waals surface area contributed by atoms with Crippen LogP contribution in [-0.2, 0) is 10.0 Å². The fourth-order valence-corrected chi connectivity index (χ4v) is 7.99. The second-order valence-electron chi connectivity index (χ2n) is 8.57. The summed E-state index contributed by atoms with van der Waals surface area (Å²) < 4.78 is 26.6. The number of rotatable bonds is 5. The maximum atomic E-state index is 12.5. The van der Waals surface area contributed by atoms with Crippen molar-refractivity contribution in [1.82, 2.24) is 19.4 Å². The molecule has 0 amide bonds. The molecule has 3 unspecified atom stereocenters. The lowest BCUT2D eigenvalue weighted by Gasteiger charge is -2.42. The van der Waals surface area contributed by atoms with Gasteiger partial charge in [-0.3, -0.25) is 9.89 Å². The summed E-state index contributed by atoms with van der Waals surface area (Å²) in [6, 6.07) is 0.809. The minimum Gasteiger partial charge on any atom is -0.355 e. The van der Waals surface area contributed by atoms with E-state index >= 15 is 0 Å². The highest BCUT2D eigenvalue weighted by Crippen LogP contribution is 2.46. The summed E-state index contributed by atoms with van der Waals surface area (Å²) in [5.74, 6) is 4.72. The molecule has 0 aromatic carbocycles. The molecule has 2 saturated carbocycles. The van der Waals surface area contributed by atoms with Gasteiger partial charge in [0.15, 0.2) is 5.96 Å². The predicted octanol–water partition coefficient (Wildman–Crippen LogP) is 1.36. The van der Waals surface area contributed by atoms with Crippen molar-refractivity contribution in [3.8, 4) is 0 Å². The van der Waals surface area contributed by atoms with Gasteiger partial charge in [0.2, 0.25) is 10.0 Å². The molecule has 4 fully saturated rings. The Morgan fingerprint density at radius 3 is 2.38 bits per heavy atom. The van der Waals surface area contributed by atoms with Crippen molar-refractivity contribution in [2.45, 2.75) is 31.7 Å². The molecule has 10 heteroatoms. The maximum absolute atomic E-state index is 12.5. The van der Waals surface area contributed by atoms with Crippen molar-refractivity contribution in [2.75, 3.05) is 70.1 Å². The largest absolute Gasteiger partial charge is 0.355 e. The van der Waals surface area contributed by atoms with Gasteiger partial charge >= 0.3 is 0 Å². The smallest absolute Gasteiger partial charge is 0.215 e. The van der Waals surface area contributed by atoms with Crippen molar-refractivity contribution in [3.05, 3.63) is 0 Å². The molecule has 2 bridgehead atoms. The van der Waals surface area contributed by atoms with Crippen LogP contribution in [0.1, 0.15) is 25.7 Å². The number of hydrogen-bond donors (Lipinski definition) is 1. The summed E-state index contributed by atoms with van der Waals surface area (Å²) in [6.45, 7) is 5.86. The van der Waals surface area contributed by atoms with Crippen LogP contribution in [0, 0.1) is 11.8 Å². The van der Waals surface area contributed by atoms with Crippen molar-refractivity contribution in [2.24, 2.45) is 16.8 Å². The lowest BCUT2D eigenvalue weighted by molar-refractivity contribution is 0.0959. The van der Waals surface area contributed by atoms with E-state index < -0.39 is 10.0 Å². The van der Waals surface area contributed by atoms with Gasteiger partial charge in [0, 0.05) is 70.4 Å². The van der Waals surface area contributed by atoms with E-state index in [4.69, 9.17) is 0 Å². The molecule has 0 aromatic heterocycles. The standard InChI is InChI=1S/C19H35N5O2S2.HI/c1-20-19(21-4-13-28(25,26)24-9-11-27-12-10-24)23-7-5-22(6-8-23)18-15-16-2-3-17(18)14-16;/h16-18H,2-15H2,1H3,(H,20,21);1H. The van der Waals surface area contributed by atoms with Crippen LogP contribution in [0.25, 0.3) is 0 Å². The number of nitrogens with zero attached hydrogens (tertiary/aromatic N) is 4. The highest BCUT2D eigenvalue weighted by molar-refractivity contribution is 14.0. The van der Waals surface area contributed by atoms with Crippen LogP contribution in [-0.4, -0.2) is 105 Å². The summed E-state index contributed by atoms with van der Waals surface area (Å²) in [5, 5.41) is 3.29. The van der Waals surface area contributed by atoms with Gasteiger partial charge in [-0.2, -0.15) is 11.8 Å². The van der Waals surface area contributed by atoms with Crippen LogP contribution in [0.4, 0.5) is 0 Å². The van der Waals surface area contributed by atoms with E-state index in [9.17, 15) is 8.42 Å². The number of guanidine groups is 1. The minimum absolute atomic E-state index is 0. The van der Waals surface area contributed by atoms with E-state index in [0.29, 0.717) is 19.6 Å². The third kappa shape index (κ3) is 5.72. The molecule has 168 valence electrons. The Bertz CT molecular complexity index is 664. The molecule has 1 N–H and O–H groups in total. The van der Waals surface area contributed by atoms with Crippen LogP contribution in [0.15, 0.2) is 4.99 Å². The average molecular weight is 558 g/mol. The topological polar surface area (TPSA) is 68.2 Å².